The SMILES string of the molecule is C[N+](C)(C)C[C@H]1C[C@H]1c1cccnc1. The summed E-state index contributed by atoms with van der Waals surface area (Å²) in [7, 11) is 6.79. The van der Waals surface area contributed by atoms with Gasteiger partial charge < -0.3 is 4.48 Å². The van der Waals surface area contributed by atoms with E-state index in [2.05, 4.69) is 32.2 Å². The lowest BCUT2D eigenvalue weighted by Gasteiger charge is -2.23. The van der Waals surface area contributed by atoms with Gasteiger partial charge in [0.15, 0.2) is 0 Å². The summed E-state index contributed by atoms with van der Waals surface area (Å²) < 4.78 is 1.07. The molecule has 1 heterocycles. The molecule has 1 aromatic rings. The van der Waals surface area contributed by atoms with Crippen molar-refractivity contribution in [3.8, 4) is 0 Å². The summed E-state index contributed by atoms with van der Waals surface area (Å²) in [5.74, 6) is 1.65. The van der Waals surface area contributed by atoms with Crippen LogP contribution in [-0.2, 0) is 0 Å². The van der Waals surface area contributed by atoms with Crippen molar-refractivity contribution in [2.75, 3.05) is 27.7 Å². The minimum atomic E-state index is 0.779. The van der Waals surface area contributed by atoms with Crippen molar-refractivity contribution in [2.45, 2.75) is 12.3 Å². The molecule has 1 saturated carbocycles. The maximum Gasteiger partial charge on any atom is 0.0815 e. The molecule has 0 aliphatic heterocycles. The Morgan fingerprint density at radius 1 is 1.43 bits per heavy atom. The van der Waals surface area contributed by atoms with Gasteiger partial charge in [0.25, 0.3) is 0 Å². The van der Waals surface area contributed by atoms with E-state index in [1.165, 1.54) is 18.5 Å². The van der Waals surface area contributed by atoms with E-state index in [-0.39, 0.29) is 0 Å². The quantitative estimate of drug-likeness (QED) is 0.665. The molecule has 1 aromatic heterocycles. The van der Waals surface area contributed by atoms with Crippen molar-refractivity contribution in [1.29, 1.82) is 0 Å². The van der Waals surface area contributed by atoms with Gasteiger partial charge in [-0.3, -0.25) is 4.98 Å². The Balaban J connectivity index is 1.94. The molecule has 0 N–H and O–H groups in total. The summed E-state index contributed by atoms with van der Waals surface area (Å²) in [6.07, 6.45) is 5.21. The highest BCUT2D eigenvalue weighted by Gasteiger charge is 2.41. The van der Waals surface area contributed by atoms with Gasteiger partial charge in [0.1, 0.15) is 0 Å². The maximum absolute atomic E-state index is 4.17. The predicted molar refractivity (Wildman–Crippen MR) is 58.0 cm³/mol. The van der Waals surface area contributed by atoms with Crippen molar-refractivity contribution in [2.24, 2.45) is 5.92 Å². The van der Waals surface area contributed by atoms with Gasteiger partial charge in [0, 0.05) is 18.3 Å². The molecule has 0 amide bonds. The molecule has 0 spiro atoms. The third-order valence-electron chi connectivity index (χ3n) is 2.82. The lowest BCUT2D eigenvalue weighted by Crippen LogP contribution is -2.36. The first kappa shape index (κ1) is 9.66. The van der Waals surface area contributed by atoms with Crippen LogP contribution in [0.25, 0.3) is 0 Å². The highest BCUT2D eigenvalue weighted by molar-refractivity contribution is 5.22. The Morgan fingerprint density at radius 3 is 2.79 bits per heavy atom. The third-order valence-corrected chi connectivity index (χ3v) is 2.82. The summed E-state index contributed by atoms with van der Waals surface area (Å²) in [5, 5.41) is 0. The minimum Gasteiger partial charge on any atom is -0.331 e. The first-order valence-corrected chi connectivity index (χ1v) is 5.27. The lowest BCUT2D eigenvalue weighted by atomic mass is 10.1. The Bertz CT molecular complexity index is 300. The van der Waals surface area contributed by atoms with Crippen LogP contribution in [0.4, 0.5) is 0 Å². The molecule has 1 fully saturated rings. The third kappa shape index (κ3) is 2.32. The Labute approximate surface area is 86.2 Å². The summed E-state index contributed by atoms with van der Waals surface area (Å²) in [6.45, 7) is 1.28. The molecule has 2 heteroatoms. The van der Waals surface area contributed by atoms with E-state index in [0.717, 1.165) is 16.3 Å². The van der Waals surface area contributed by atoms with Gasteiger partial charge in [-0.2, -0.15) is 0 Å². The largest absolute Gasteiger partial charge is 0.331 e. The van der Waals surface area contributed by atoms with E-state index in [9.17, 15) is 0 Å². The standard InChI is InChI=1S/C12H19N2/c1-14(2,3)9-11-7-12(11)10-5-4-6-13-8-10/h4-6,8,11-12H,7,9H2,1-3H3/q+1/t11-,12+/m1/s1. The maximum atomic E-state index is 4.17. The molecule has 1 aliphatic rings. The van der Waals surface area contributed by atoms with Crippen LogP contribution in [0, 0.1) is 5.92 Å². The number of nitrogens with zero attached hydrogens (tertiary/aromatic N) is 2. The topological polar surface area (TPSA) is 12.9 Å². The van der Waals surface area contributed by atoms with Gasteiger partial charge in [-0.05, 0) is 24.0 Å². The van der Waals surface area contributed by atoms with Crippen molar-refractivity contribution < 1.29 is 4.48 Å². The average molecular weight is 191 g/mol. The fourth-order valence-electron chi connectivity index (χ4n) is 2.16. The van der Waals surface area contributed by atoms with E-state index in [1.807, 2.05) is 18.5 Å². The fraction of sp³-hybridized carbons (Fsp3) is 0.583. The first-order valence-electron chi connectivity index (χ1n) is 5.27. The molecule has 0 saturated heterocycles. The van der Waals surface area contributed by atoms with Crippen LogP contribution in [0.1, 0.15) is 17.9 Å². The summed E-state index contributed by atoms with van der Waals surface area (Å²) in [5.41, 5.74) is 1.42. The average Bonchev–Trinajstić information content (AvgIpc) is 2.82. The zero-order valence-electron chi connectivity index (χ0n) is 9.27. The number of rotatable bonds is 3. The van der Waals surface area contributed by atoms with E-state index in [0.29, 0.717) is 0 Å². The van der Waals surface area contributed by atoms with Crippen molar-refractivity contribution in [1.82, 2.24) is 4.98 Å². The van der Waals surface area contributed by atoms with Crippen LogP contribution >= 0.6 is 0 Å². The summed E-state index contributed by atoms with van der Waals surface area (Å²) in [4.78, 5) is 4.17. The van der Waals surface area contributed by atoms with Gasteiger partial charge in [-0.15, -0.1) is 0 Å². The molecule has 76 valence electrons. The van der Waals surface area contributed by atoms with Crippen LogP contribution in [0.3, 0.4) is 0 Å². The Morgan fingerprint density at radius 2 is 2.21 bits per heavy atom. The van der Waals surface area contributed by atoms with E-state index >= 15 is 0 Å². The van der Waals surface area contributed by atoms with Gasteiger partial charge in [0.2, 0.25) is 0 Å². The van der Waals surface area contributed by atoms with Gasteiger partial charge in [-0.25, -0.2) is 0 Å². The van der Waals surface area contributed by atoms with E-state index < -0.39 is 0 Å². The molecular weight excluding hydrogens is 172 g/mol. The molecule has 2 nitrogen and oxygen atoms in total. The van der Waals surface area contributed by atoms with Crippen molar-refractivity contribution in [3.05, 3.63) is 30.1 Å². The number of hydrogen-bond acceptors (Lipinski definition) is 1. The second-order valence-electron chi connectivity index (χ2n) is 5.36. The molecule has 0 unspecified atom stereocenters. The molecule has 2 atom stereocenters. The molecule has 1 aliphatic carbocycles. The van der Waals surface area contributed by atoms with E-state index in [4.69, 9.17) is 0 Å². The van der Waals surface area contributed by atoms with Gasteiger partial charge in [-0.1, -0.05) is 6.07 Å². The van der Waals surface area contributed by atoms with Crippen LogP contribution in [0.15, 0.2) is 24.5 Å². The molecule has 2 rings (SSSR count). The highest BCUT2D eigenvalue weighted by atomic mass is 15.3. The number of aromatic nitrogens is 1. The zero-order valence-corrected chi connectivity index (χ0v) is 9.27. The molecular formula is C12H19N2+. The minimum absolute atomic E-state index is 0.779. The molecule has 0 radical (unpaired) electrons. The lowest BCUT2D eigenvalue weighted by molar-refractivity contribution is -0.872. The molecule has 0 aromatic carbocycles. The normalized spacial score (nSPS) is 26.2. The summed E-state index contributed by atoms with van der Waals surface area (Å²) in [6, 6.07) is 4.24. The van der Waals surface area contributed by atoms with Gasteiger partial charge >= 0.3 is 0 Å². The molecule has 0 bridgehead atoms. The summed E-state index contributed by atoms with van der Waals surface area (Å²) >= 11 is 0. The number of hydrogen-bond donors (Lipinski definition) is 0. The van der Waals surface area contributed by atoms with Crippen LogP contribution in [-0.4, -0.2) is 37.2 Å². The van der Waals surface area contributed by atoms with Crippen LogP contribution in [0.5, 0.6) is 0 Å². The van der Waals surface area contributed by atoms with Crippen molar-refractivity contribution >= 4 is 0 Å². The van der Waals surface area contributed by atoms with Crippen LogP contribution < -0.4 is 0 Å². The second-order valence-corrected chi connectivity index (χ2v) is 5.36. The predicted octanol–water partition coefficient (Wildman–Crippen LogP) is 1.89. The number of pyridine rings is 1. The monoisotopic (exact) mass is 191 g/mol. The zero-order chi connectivity index (χ0) is 10.2. The van der Waals surface area contributed by atoms with Crippen LogP contribution in [0.2, 0.25) is 0 Å². The Kier molecular flexibility index (Phi) is 2.31. The first-order chi connectivity index (χ1) is 6.56. The van der Waals surface area contributed by atoms with E-state index in [1.54, 1.807) is 0 Å². The van der Waals surface area contributed by atoms with Crippen molar-refractivity contribution in [3.63, 3.8) is 0 Å². The van der Waals surface area contributed by atoms with Gasteiger partial charge in [0.05, 0.1) is 27.7 Å². The fourth-order valence-corrected chi connectivity index (χ4v) is 2.16. The number of quaternary nitrogens is 1. The Hall–Kier alpha value is -0.890. The second kappa shape index (κ2) is 3.35. The smallest absolute Gasteiger partial charge is 0.0815 e. The highest BCUT2D eigenvalue weighted by Crippen LogP contribution is 2.47. The molecule has 14 heavy (non-hydrogen) atoms.